The van der Waals surface area contributed by atoms with Crippen LogP contribution in [-0.4, -0.2) is 29.4 Å². The van der Waals surface area contributed by atoms with Crippen LogP contribution in [0.25, 0.3) is 22.5 Å². The summed E-state index contributed by atoms with van der Waals surface area (Å²) < 4.78 is 27.1. The molecule has 0 aliphatic carbocycles. The normalized spacial score (nSPS) is 15.3. The van der Waals surface area contributed by atoms with Crippen LogP contribution in [-0.2, 0) is 16.0 Å². The summed E-state index contributed by atoms with van der Waals surface area (Å²) in [5.41, 5.74) is 3.39. The van der Waals surface area contributed by atoms with Gasteiger partial charge in [0.2, 0.25) is 11.8 Å². The number of nitrogens with one attached hydrogen (secondary N) is 3. The van der Waals surface area contributed by atoms with Crippen molar-refractivity contribution in [2.45, 2.75) is 25.3 Å². The Kier molecular flexibility index (Phi) is 5.99. The van der Waals surface area contributed by atoms with E-state index in [9.17, 15) is 23.6 Å². The molecule has 1 aliphatic heterocycles. The fraction of sp³-hybridized carbons (Fsp3) is 0.208. The van der Waals surface area contributed by atoms with Crippen LogP contribution in [0.3, 0.4) is 0 Å². The molecule has 1 aromatic heterocycles. The van der Waals surface area contributed by atoms with Gasteiger partial charge in [-0.1, -0.05) is 0 Å². The molecular weight excluding hydrogens is 414 g/mol. The predicted octanol–water partition coefficient (Wildman–Crippen LogP) is 3.44. The molecule has 1 saturated heterocycles. The van der Waals surface area contributed by atoms with Gasteiger partial charge in [0.05, 0.1) is 5.56 Å². The molecule has 0 spiro atoms. The van der Waals surface area contributed by atoms with Crippen LogP contribution in [0.1, 0.15) is 24.0 Å². The number of nitriles is 1. The number of carbonyl (C=O) groups is 2. The van der Waals surface area contributed by atoms with Gasteiger partial charge < -0.3 is 15.6 Å². The highest BCUT2D eigenvalue weighted by Crippen LogP contribution is 2.31. The summed E-state index contributed by atoms with van der Waals surface area (Å²) in [5, 5.41) is 14.6. The Bertz CT molecular complexity index is 1210. The van der Waals surface area contributed by atoms with Gasteiger partial charge in [-0.15, -0.1) is 0 Å². The summed E-state index contributed by atoms with van der Waals surface area (Å²) in [6.45, 7) is 0.540. The number of aryl methyl sites for hydroxylation is 1. The Morgan fingerprint density at radius 3 is 2.56 bits per heavy atom. The molecule has 32 heavy (non-hydrogen) atoms. The third-order valence-corrected chi connectivity index (χ3v) is 5.44. The molecule has 2 heterocycles. The van der Waals surface area contributed by atoms with Crippen LogP contribution in [0, 0.1) is 23.0 Å². The maximum absolute atomic E-state index is 13.8. The van der Waals surface area contributed by atoms with Crippen LogP contribution in [0.5, 0.6) is 0 Å². The SMILES string of the molecule is N#Cc1cc(-c2[nH]c(-c3ccc(F)cc3)cc2CCC(=O)NC2CCNC2=O)ccc1F. The molecule has 0 radical (unpaired) electrons. The predicted molar refractivity (Wildman–Crippen MR) is 114 cm³/mol. The molecule has 3 aromatic rings. The number of halogens is 2. The van der Waals surface area contributed by atoms with E-state index in [1.807, 2.05) is 12.1 Å². The van der Waals surface area contributed by atoms with Crippen molar-refractivity contribution in [3.05, 3.63) is 71.3 Å². The van der Waals surface area contributed by atoms with Gasteiger partial charge in [-0.25, -0.2) is 8.78 Å². The lowest BCUT2D eigenvalue weighted by Crippen LogP contribution is -2.40. The Hall–Kier alpha value is -3.99. The third-order valence-electron chi connectivity index (χ3n) is 5.44. The topological polar surface area (TPSA) is 97.8 Å². The highest BCUT2D eigenvalue weighted by Gasteiger charge is 2.25. The van der Waals surface area contributed by atoms with E-state index in [1.54, 1.807) is 18.2 Å². The molecule has 0 saturated carbocycles. The molecule has 162 valence electrons. The first-order chi connectivity index (χ1) is 15.4. The highest BCUT2D eigenvalue weighted by molar-refractivity contribution is 5.89. The number of H-pyrrole nitrogens is 1. The van der Waals surface area contributed by atoms with Gasteiger partial charge in [-0.2, -0.15) is 5.26 Å². The molecule has 3 N–H and O–H groups in total. The van der Waals surface area contributed by atoms with Crippen LogP contribution < -0.4 is 10.6 Å². The Balaban J connectivity index is 1.62. The van der Waals surface area contributed by atoms with E-state index in [4.69, 9.17) is 0 Å². The molecule has 2 amide bonds. The van der Waals surface area contributed by atoms with Crippen molar-refractivity contribution < 1.29 is 18.4 Å². The second kappa shape index (κ2) is 9.02. The van der Waals surface area contributed by atoms with E-state index in [2.05, 4.69) is 15.6 Å². The number of aromatic nitrogens is 1. The molecule has 0 bridgehead atoms. The van der Waals surface area contributed by atoms with E-state index in [-0.39, 0.29) is 29.6 Å². The van der Waals surface area contributed by atoms with Gasteiger partial charge in [0.15, 0.2) is 0 Å². The van der Waals surface area contributed by atoms with E-state index >= 15 is 0 Å². The number of amides is 2. The van der Waals surface area contributed by atoms with E-state index in [1.165, 1.54) is 24.3 Å². The van der Waals surface area contributed by atoms with Crippen molar-refractivity contribution in [1.82, 2.24) is 15.6 Å². The van der Waals surface area contributed by atoms with Crippen molar-refractivity contribution in [3.8, 4) is 28.6 Å². The average Bonchev–Trinajstić information content (AvgIpc) is 3.39. The van der Waals surface area contributed by atoms with Gasteiger partial charge in [0.1, 0.15) is 23.7 Å². The molecule has 1 aliphatic rings. The fourth-order valence-electron chi connectivity index (χ4n) is 3.75. The van der Waals surface area contributed by atoms with Crippen molar-refractivity contribution in [2.24, 2.45) is 0 Å². The summed E-state index contributed by atoms with van der Waals surface area (Å²) in [4.78, 5) is 27.3. The quantitative estimate of drug-likeness (QED) is 0.554. The molecule has 1 unspecified atom stereocenters. The van der Waals surface area contributed by atoms with Crippen molar-refractivity contribution in [1.29, 1.82) is 5.26 Å². The van der Waals surface area contributed by atoms with Crippen LogP contribution in [0.2, 0.25) is 0 Å². The summed E-state index contributed by atoms with van der Waals surface area (Å²) in [5.74, 6) is -1.41. The maximum atomic E-state index is 13.8. The number of rotatable bonds is 6. The van der Waals surface area contributed by atoms with Crippen molar-refractivity contribution in [2.75, 3.05) is 6.54 Å². The van der Waals surface area contributed by atoms with Gasteiger partial charge in [0.25, 0.3) is 0 Å². The van der Waals surface area contributed by atoms with E-state index < -0.39 is 11.9 Å². The smallest absolute Gasteiger partial charge is 0.242 e. The Morgan fingerprint density at radius 2 is 1.88 bits per heavy atom. The minimum atomic E-state index is -0.614. The van der Waals surface area contributed by atoms with Crippen LogP contribution in [0.4, 0.5) is 8.78 Å². The van der Waals surface area contributed by atoms with Gasteiger partial charge in [-0.3, -0.25) is 9.59 Å². The third kappa shape index (κ3) is 4.52. The lowest BCUT2D eigenvalue weighted by atomic mass is 10.0. The van der Waals surface area contributed by atoms with Gasteiger partial charge >= 0.3 is 0 Å². The van der Waals surface area contributed by atoms with E-state index in [0.29, 0.717) is 36.3 Å². The average molecular weight is 434 g/mol. The lowest BCUT2D eigenvalue weighted by Gasteiger charge is -2.10. The number of aromatic amines is 1. The minimum Gasteiger partial charge on any atom is -0.354 e. The number of hydrogen-bond donors (Lipinski definition) is 3. The number of hydrogen-bond acceptors (Lipinski definition) is 3. The monoisotopic (exact) mass is 434 g/mol. The zero-order valence-corrected chi connectivity index (χ0v) is 17.0. The molecular formula is C24H20F2N4O2. The Labute approximate surface area is 183 Å². The summed E-state index contributed by atoms with van der Waals surface area (Å²) >= 11 is 0. The second-order valence-corrected chi connectivity index (χ2v) is 7.60. The molecule has 6 nitrogen and oxygen atoms in total. The number of benzene rings is 2. The van der Waals surface area contributed by atoms with Crippen LogP contribution in [0.15, 0.2) is 48.5 Å². The standard InChI is InChI=1S/C24H20F2N4O2/c25-18-5-1-14(2-6-18)21-12-16(4-8-22(31)29-20-9-10-28-24(20)32)23(30-21)15-3-7-19(26)17(11-15)13-27/h1-3,5-7,11-12,20,30H,4,8-10H2,(H,28,32)(H,29,31). The van der Waals surface area contributed by atoms with Crippen molar-refractivity contribution >= 4 is 11.8 Å². The molecule has 8 heteroatoms. The summed E-state index contributed by atoms with van der Waals surface area (Å²) in [7, 11) is 0. The zero-order chi connectivity index (χ0) is 22.7. The first-order valence-electron chi connectivity index (χ1n) is 10.2. The molecule has 1 atom stereocenters. The zero-order valence-electron chi connectivity index (χ0n) is 17.0. The maximum Gasteiger partial charge on any atom is 0.242 e. The van der Waals surface area contributed by atoms with Gasteiger partial charge in [0, 0.05) is 24.4 Å². The number of carbonyl (C=O) groups excluding carboxylic acids is 2. The Morgan fingerprint density at radius 1 is 1.12 bits per heavy atom. The molecule has 1 fully saturated rings. The summed E-state index contributed by atoms with van der Waals surface area (Å²) in [6.07, 6.45) is 1.05. The second-order valence-electron chi connectivity index (χ2n) is 7.60. The molecule has 2 aromatic carbocycles. The minimum absolute atomic E-state index is 0.0867. The fourth-order valence-corrected chi connectivity index (χ4v) is 3.75. The molecule has 4 rings (SSSR count). The van der Waals surface area contributed by atoms with Gasteiger partial charge in [-0.05, 0) is 78.1 Å². The largest absolute Gasteiger partial charge is 0.354 e. The van der Waals surface area contributed by atoms with E-state index in [0.717, 1.165) is 11.1 Å². The van der Waals surface area contributed by atoms with Crippen LogP contribution >= 0.6 is 0 Å². The first-order valence-corrected chi connectivity index (χ1v) is 10.2. The highest BCUT2D eigenvalue weighted by atomic mass is 19.1. The lowest BCUT2D eigenvalue weighted by molar-refractivity contribution is -0.127. The first kappa shape index (κ1) is 21.2. The number of nitrogens with zero attached hydrogens (tertiary/aromatic N) is 1. The van der Waals surface area contributed by atoms with Crippen molar-refractivity contribution in [3.63, 3.8) is 0 Å². The summed E-state index contributed by atoms with van der Waals surface area (Å²) in [6, 6.07) is 13.4.